The lowest BCUT2D eigenvalue weighted by molar-refractivity contribution is -0.136. The Hall–Kier alpha value is -2.67. The molecule has 2 N–H and O–H groups in total. The number of anilines is 1. The maximum atomic E-state index is 11.9. The lowest BCUT2D eigenvalue weighted by atomic mass is 10.2. The zero-order valence-corrected chi connectivity index (χ0v) is 14.5. The molecule has 2 rings (SSSR count). The molecule has 0 atom stereocenters. The Morgan fingerprint density at radius 2 is 1.96 bits per heavy atom. The molecule has 24 heavy (non-hydrogen) atoms. The van der Waals surface area contributed by atoms with Gasteiger partial charge in [0, 0.05) is 4.47 Å². The average molecular weight is 390 g/mol. The summed E-state index contributed by atoms with van der Waals surface area (Å²) in [4.78, 5) is 23.7. The smallest absolute Gasteiger partial charge is 0.329 e. The van der Waals surface area contributed by atoms with Crippen molar-refractivity contribution in [3.63, 3.8) is 0 Å². The fourth-order valence-corrected chi connectivity index (χ4v) is 2.25. The van der Waals surface area contributed by atoms with Crippen LogP contribution in [0.3, 0.4) is 0 Å². The standard InChI is InChI=1S/C17H16BrN3O3/c1-2-24-15-9-4-3-8-14(15)20-16(22)17(23)21-19-11-12-6-5-7-13(18)10-12/h3-11H,2H2,1H3,(H,20,22)(H,21,23). The van der Waals surface area contributed by atoms with Crippen molar-refractivity contribution in [1.82, 2.24) is 5.43 Å². The van der Waals surface area contributed by atoms with Crippen LogP contribution in [-0.2, 0) is 9.59 Å². The lowest BCUT2D eigenvalue weighted by Crippen LogP contribution is -2.32. The minimum Gasteiger partial charge on any atom is -0.492 e. The highest BCUT2D eigenvalue weighted by atomic mass is 79.9. The molecule has 0 bridgehead atoms. The van der Waals surface area contributed by atoms with Gasteiger partial charge in [0.05, 0.1) is 18.5 Å². The number of nitrogens with one attached hydrogen (secondary N) is 2. The number of amides is 2. The van der Waals surface area contributed by atoms with Crippen LogP contribution in [0.2, 0.25) is 0 Å². The van der Waals surface area contributed by atoms with Crippen LogP contribution >= 0.6 is 15.9 Å². The average Bonchev–Trinajstić information content (AvgIpc) is 2.57. The Morgan fingerprint density at radius 1 is 1.17 bits per heavy atom. The maximum Gasteiger partial charge on any atom is 0.329 e. The molecule has 7 heteroatoms. The van der Waals surface area contributed by atoms with Crippen LogP contribution in [0.1, 0.15) is 12.5 Å². The molecule has 124 valence electrons. The molecule has 0 heterocycles. The largest absolute Gasteiger partial charge is 0.492 e. The van der Waals surface area contributed by atoms with E-state index in [1.807, 2.05) is 31.2 Å². The van der Waals surface area contributed by atoms with Gasteiger partial charge in [0.15, 0.2) is 0 Å². The summed E-state index contributed by atoms with van der Waals surface area (Å²) in [5, 5.41) is 6.26. The van der Waals surface area contributed by atoms with Crippen molar-refractivity contribution < 1.29 is 14.3 Å². The van der Waals surface area contributed by atoms with Gasteiger partial charge in [-0.05, 0) is 36.8 Å². The summed E-state index contributed by atoms with van der Waals surface area (Å²) in [7, 11) is 0. The third-order valence-electron chi connectivity index (χ3n) is 2.87. The number of hydrazone groups is 1. The Kier molecular flexibility index (Phi) is 6.51. The predicted octanol–water partition coefficient (Wildman–Crippen LogP) is 2.94. The number of carbonyl (C=O) groups is 2. The Balaban J connectivity index is 1.94. The third-order valence-corrected chi connectivity index (χ3v) is 3.36. The van der Waals surface area contributed by atoms with Gasteiger partial charge in [0.2, 0.25) is 0 Å². The normalized spacial score (nSPS) is 10.4. The van der Waals surface area contributed by atoms with Gasteiger partial charge in [-0.2, -0.15) is 5.10 Å². The van der Waals surface area contributed by atoms with Gasteiger partial charge < -0.3 is 10.1 Å². The fraction of sp³-hybridized carbons (Fsp3) is 0.118. The molecule has 0 spiro atoms. The van der Waals surface area contributed by atoms with Crippen LogP contribution < -0.4 is 15.5 Å². The van der Waals surface area contributed by atoms with E-state index in [9.17, 15) is 9.59 Å². The number of rotatable bonds is 5. The first-order valence-corrected chi connectivity index (χ1v) is 8.01. The van der Waals surface area contributed by atoms with Crippen LogP contribution in [0.15, 0.2) is 58.1 Å². The van der Waals surface area contributed by atoms with E-state index in [0.29, 0.717) is 18.0 Å². The second kappa shape index (κ2) is 8.83. The van der Waals surface area contributed by atoms with Crippen molar-refractivity contribution in [1.29, 1.82) is 0 Å². The fourth-order valence-electron chi connectivity index (χ4n) is 1.83. The molecule has 0 fully saturated rings. The maximum absolute atomic E-state index is 11.9. The van der Waals surface area contributed by atoms with Gasteiger partial charge in [-0.3, -0.25) is 9.59 Å². The molecular formula is C17H16BrN3O3. The van der Waals surface area contributed by atoms with Crippen molar-refractivity contribution in [2.45, 2.75) is 6.92 Å². The Bertz CT molecular complexity index is 762. The van der Waals surface area contributed by atoms with Crippen molar-refractivity contribution in [2.75, 3.05) is 11.9 Å². The lowest BCUT2D eigenvalue weighted by Gasteiger charge is -2.10. The van der Waals surface area contributed by atoms with E-state index in [2.05, 4.69) is 31.8 Å². The van der Waals surface area contributed by atoms with E-state index in [1.165, 1.54) is 6.21 Å². The second-order valence-corrected chi connectivity index (χ2v) is 5.55. The molecule has 2 aromatic carbocycles. The summed E-state index contributed by atoms with van der Waals surface area (Å²) >= 11 is 3.34. The predicted molar refractivity (Wildman–Crippen MR) is 96.1 cm³/mol. The Morgan fingerprint density at radius 3 is 2.71 bits per heavy atom. The number of para-hydroxylation sites is 2. The molecule has 0 unspecified atom stereocenters. The number of nitrogens with zero attached hydrogens (tertiary/aromatic N) is 1. The van der Waals surface area contributed by atoms with E-state index in [4.69, 9.17) is 4.74 Å². The van der Waals surface area contributed by atoms with Crippen molar-refractivity contribution in [3.05, 3.63) is 58.6 Å². The molecule has 0 aliphatic heterocycles. The molecule has 0 aromatic heterocycles. The van der Waals surface area contributed by atoms with Gasteiger partial charge in [0.25, 0.3) is 0 Å². The van der Waals surface area contributed by atoms with E-state index >= 15 is 0 Å². The summed E-state index contributed by atoms with van der Waals surface area (Å²) in [6.45, 7) is 2.29. The summed E-state index contributed by atoms with van der Waals surface area (Å²) in [6, 6.07) is 14.2. The molecule has 0 radical (unpaired) electrons. The van der Waals surface area contributed by atoms with Crippen LogP contribution in [0, 0.1) is 0 Å². The molecular weight excluding hydrogens is 374 g/mol. The summed E-state index contributed by atoms with van der Waals surface area (Å²) in [5.74, 6) is -1.19. The van der Waals surface area contributed by atoms with Crippen LogP contribution in [-0.4, -0.2) is 24.6 Å². The van der Waals surface area contributed by atoms with E-state index in [-0.39, 0.29) is 0 Å². The molecule has 0 aliphatic rings. The van der Waals surface area contributed by atoms with Gasteiger partial charge in [-0.25, -0.2) is 5.43 Å². The van der Waals surface area contributed by atoms with Crippen LogP contribution in [0.5, 0.6) is 5.75 Å². The van der Waals surface area contributed by atoms with Gasteiger partial charge >= 0.3 is 11.8 Å². The number of carbonyl (C=O) groups excluding carboxylic acids is 2. The first kappa shape index (κ1) is 17.7. The summed E-state index contributed by atoms with van der Waals surface area (Å²) < 4.78 is 6.28. The summed E-state index contributed by atoms with van der Waals surface area (Å²) in [6.07, 6.45) is 1.45. The molecule has 0 saturated carbocycles. The SMILES string of the molecule is CCOc1ccccc1NC(=O)C(=O)NN=Cc1cccc(Br)c1. The minimum atomic E-state index is -0.868. The van der Waals surface area contributed by atoms with E-state index in [1.54, 1.807) is 24.3 Å². The highest BCUT2D eigenvalue weighted by Gasteiger charge is 2.15. The van der Waals surface area contributed by atoms with Crippen molar-refractivity contribution in [3.8, 4) is 5.75 Å². The topological polar surface area (TPSA) is 79.8 Å². The van der Waals surface area contributed by atoms with Crippen LogP contribution in [0.25, 0.3) is 0 Å². The number of benzene rings is 2. The minimum absolute atomic E-state index is 0.426. The molecule has 2 amide bonds. The Labute approximate surface area is 148 Å². The highest BCUT2D eigenvalue weighted by Crippen LogP contribution is 2.23. The summed E-state index contributed by atoms with van der Waals surface area (Å²) in [5.41, 5.74) is 3.39. The second-order valence-electron chi connectivity index (χ2n) is 4.64. The first-order chi connectivity index (χ1) is 11.6. The highest BCUT2D eigenvalue weighted by molar-refractivity contribution is 9.10. The monoisotopic (exact) mass is 389 g/mol. The quantitative estimate of drug-likeness (QED) is 0.468. The zero-order chi connectivity index (χ0) is 17.4. The number of hydrogen-bond acceptors (Lipinski definition) is 4. The molecule has 6 nitrogen and oxygen atoms in total. The third kappa shape index (κ3) is 5.20. The first-order valence-electron chi connectivity index (χ1n) is 7.22. The number of ether oxygens (including phenoxy) is 1. The van der Waals surface area contributed by atoms with E-state index in [0.717, 1.165) is 10.0 Å². The molecule has 0 aliphatic carbocycles. The molecule has 0 saturated heterocycles. The van der Waals surface area contributed by atoms with Gasteiger partial charge in [-0.1, -0.05) is 40.2 Å². The van der Waals surface area contributed by atoms with Gasteiger partial charge in [0.1, 0.15) is 5.75 Å². The van der Waals surface area contributed by atoms with Crippen molar-refractivity contribution in [2.24, 2.45) is 5.10 Å². The zero-order valence-electron chi connectivity index (χ0n) is 13.0. The molecule has 2 aromatic rings. The number of hydrogen-bond donors (Lipinski definition) is 2. The van der Waals surface area contributed by atoms with Crippen LogP contribution in [0.4, 0.5) is 5.69 Å². The van der Waals surface area contributed by atoms with Gasteiger partial charge in [-0.15, -0.1) is 0 Å². The van der Waals surface area contributed by atoms with E-state index < -0.39 is 11.8 Å². The number of halogens is 1. The van der Waals surface area contributed by atoms with Crippen molar-refractivity contribution >= 4 is 39.6 Å².